The number of aryl methyl sites for hydroxylation is 1. The average molecular weight is 295 g/mol. The summed E-state index contributed by atoms with van der Waals surface area (Å²) < 4.78 is 0. The highest BCUT2D eigenvalue weighted by Gasteiger charge is 2.41. The molecule has 110 valence electrons. The Balaban J connectivity index is 2.05. The van der Waals surface area contributed by atoms with Crippen molar-refractivity contribution in [3.63, 3.8) is 0 Å². The zero-order chi connectivity index (χ0) is 14.8. The second kappa shape index (κ2) is 5.95. The van der Waals surface area contributed by atoms with E-state index in [-0.39, 0.29) is 5.91 Å². The van der Waals surface area contributed by atoms with Gasteiger partial charge in [0.15, 0.2) is 0 Å². The number of carbonyl (C=O) groups is 2. The normalized spacial score (nSPS) is 18.0. The number of carboxylic acid groups (broad SMARTS) is 1. The summed E-state index contributed by atoms with van der Waals surface area (Å²) in [6.45, 7) is 5.04. The van der Waals surface area contributed by atoms with Gasteiger partial charge in [0.25, 0.3) is 5.91 Å². The molecule has 0 atom stereocenters. The first-order chi connectivity index (χ1) is 9.50. The van der Waals surface area contributed by atoms with Gasteiger partial charge in [-0.15, -0.1) is 11.3 Å². The zero-order valence-electron chi connectivity index (χ0n) is 12.0. The third kappa shape index (κ3) is 2.73. The number of hydrogen-bond donors (Lipinski definition) is 1. The van der Waals surface area contributed by atoms with Crippen LogP contribution in [0.4, 0.5) is 0 Å². The van der Waals surface area contributed by atoms with Crippen LogP contribution in [-0.4, -0.2) is 35.0 Å². The van der Waals surface area contributed by atoms with Crippen LogP contribution in [0.3, 0.4) is 0 Å². The molecule has 1 amide bonds. The molecule has 1 aromatic heterocycles. The summed E-state index contributed by atoms with van der Waals surface area (Å²) in [4.78, 5) is 26.5. The quantitative estimate of drug-likeness (QED) is 0.928. The van der Waals surface area contributed by atoms with Gasteiger partial charge in [-0.1, -0.05) is 13.3 Å². The molecule has 1 aromatic rings. The van der Waals surface area contributed by atoms with Crippen LogP contribution < -0.4 is 0 Å². The Bertz CT molecular complexity index is 501. The van der Waals surface area contributed by atoms with E-state index in [1.807, 2.05) is 25.3 Å². The number of rotatable bonds is 4. The summed E-state index contributed by atoms with van der Waals surface area (Å²) in [6.07, 6.45) is 2.69. The smallest absolute Gasteiger partial charge is 0.309 e. The minimum Gasteiger partial charge on any atom is -0.481 e. The van der Waals surface area contributed by atoms with Crippen LogP contribution in [0.15, 0.2) is 11.4 Å². The molecule has 1 fully saturated rings. The van der Waals surface area contributed by atoms with Gasteiger partial charge in [-0.25, -0.2) is 0 Å². The fourth-order valence-electron chi connectivity index (χ4n) is 2.92. The summed E-state index contributed by atoms with van der Waals surface area (Å²) in [5, 5.41) is 11.4. The number of hydrogen-bond acceptors (Lipinski definition) is 3. The summed E-state index contributed by atoms with van der Waals surface area (Å²) >= 11 is 1.46. The summed E-state index contributed by atoms with van der Waals surface area (Å²) in [5.41, 5.74) is 0.374. The molecule has 1 N–H and O–H groups in total. The van der Waals surface area contributed by atoms with E-state index in [0.717, 1.165) is 16.9 Å². The van der Waals surface area contributed by atoms with Gasteiger partial charge in [-0.2, -0.15) is 0 Å². The third-order valence-corrected chi connectivity index (χ3v) is 5.25. The Morgan fingerprint density at radius 1 is 1.40 bits per heavy atom. The molecule has 1 aliphatic heterocycles. The van der Waals surface area contributed by atoms with Crippen molar-refractivity contribution >= 4 is 23.2 Å². The highest BCUT2D eigenvalue weighted by Crippen LogP contribution is 2.37. The molecule has 0 saturated carbocycles. The minimum absolute atomic E-state index is 0.0491. The van der Waals surface area contributed by atoms with E-state index in [9.17, 15) is 14.7 Å². The van der Waals surface area contributed by atoms with Gasteiger partial charge >= 0.3 is 5.97 Å². The number of aliphatic carboxylic acids is 1. The van der Waals surface area contributed by atoms with Crippen LogP contribution in [0.1, 0.15) is 47.8 Å². The number of nitrogens with zero attached hydrogens (tertiary/aromatic N) is 1. The van der Waals surface area contributed by atoms with Crippen LogP contribution in [-0.2, 0) is 4.79 Å². The maximum atomic E-state index is 12.4. The van der Waals surface area contributed by atoms with Crippen LogP contribution in [0.25, 0.3) is 0 Å². The van der Waals surface area contributed by atoms with E-state index < -0.39 is 11.4 Å². The fraction of sp³-hybridized carbons (Fsp3) is 0.600. The van der Waals surface area contributed by atoms with Gasteiger partial charge in [0, 0.05) is 13.1 Å². The van der Waals surface area contributed by atoms with Crippen molar-refractivity contribution in [2.45, 2.75) is 39.5 Å². The largest absolute Gasteiger partial charge is 0.481 e. The average Bonchev–Trinajstić information content (AvgIpc) is 2.85. The number of carbonyl (C=O) groups excluding carboxylic acids is 1. The number of amides is 1. The van der Waals surface area contributed by atoms with Gasteiger partial charge < -0.3 is 10.0 Å². The molecule has 0 radical (unpaired) electrons. The molecule has 4 nitrogen and oxygen atoms in total. The Morgan fingerprint density at radius 2 is 2.05 bits per heavy atom. The zero-order valence-corrected chi connectivity index (χ0v) is 12.8. The fourth-order valence-corrected chi connectivity index (χ4v) is 3.81. The van der Waals surface area contributed by atoms with Crippen LogP contribution >= 0.6 is 11.3 Å². The summed E-state index contributed by atoms with van der Waals surface area (Å²) in [5.74, 6) is -0.660. The molecule has 1 saturated heterocycles. The summed E-state index contributed by atoms with van der Waals surface area (Å²) in [6, 6.07) is 1.94. The molecule has 0 bridgehead atoms. The lowest BCUT2D eigenvalue weighted by Crippen LogP contribution is -2.46. The standard InChI is InChI=1S/C15H21NO3S/c1-3-5-15(14(18)19)6-8-16(9-7-15)13(17)12-11(2)4-10-20-12/h4,10H,3,5-9H2,1-2H3,(H,18,19). The molecule has 2 rings (SSSR count). The highest BCUT2D eigenvalue weighted by molar-refractivity contribution is 7.12. The van der Waals surface area contributed by atoms with Crippen molar-refractivity contribution in [1.29, 1.82) is 0 Å². The molecule has 0 unspecified atom stereocenters. The van der Waals surface area contributed by atoms with Crippen molar-refractivity contribution in [2.24, 2.45) is 5.41 Å². The number of piperidine rings is 1. The molecule has 5 heteroatoms. The number of carboxylic acids is 1. The van der Waals surface area contributed by atoms with Gasteiger partial charge in [0.2, 0.25) is 0 Å². The lowest BCUT2D eigenvalue weighted by Gasteiger charge is -2.38. The van der Waals surface area contributed by atoms with Gasteiger partial charge in [0.1, 0.15) is 0 Å². The van der Waals surface area contributed by atoms with Gasteiger partial charge in [-0.3, -0.25) is 9.59 Å². The molecule has 2 heterocycles. The van der Waals surface area contributed by atoms with Crippen LogP contribution in [0, 0.1) is 12.3 Å². The summed E-state index contributed by atoms with van der Waals surface area (Å²) in [7, 11) is 0. The SMILES string of the molecule is CCCC1(C(=O)O)CCN(C(=O)c2sccc2C)CC1. The second-order valence-electron chi connectivity index (χ2n) is 5.56. The van der Waals surface area contributed by atoms with Crippen LogP contribution in [0.5, 0.6) is 0 Å². The Kier molecular flexibility index (Phi) is 4.48. The van der Waals surface area contributed by atoms with Crippen molar-refractivity contribution in [1.82, 2.24) is 4.90 Å². The molecule has 1 aliphatic rings. The lowest BCUT2D eigenvalue weighted by molar-refractivity contribution is -0.152. The van der Waals surface area contributed by atoms with E-state index in [1.165, 1.54) is 11.3 Å². The number of likely N-dealkylation sites (tertiary alicyclic amines) is 1. The second-order valence-corrected chi connectivity index (χ2v) is 6.48. The molecular formula is C15H21NO3S. The minimum atomic E-state index is -0.709. The van der Waals surface area contributed by atoms with E-state index in [2.05, 4.69) is 0 Å². The molecule has 20 heavy (non-hydrogen) atoms. The topological polar surface area (TPSA) is 57.6 Å². The number of thiophene rings is 1. The van der Waals surface area contributed by atoms with Crippen molar-refractivity contribution in [3.8, 4) is 0 Å². The van der Waals surface area contributed by atoms with E-state index in [0.29, 0.717) is 32.4 Å². The first-order valence-corrected chi connectivity index (χ1v) is 7.95. The highest BCUT2D eigenvalue weighted by atomic mass is 32.1. The Morgan fingerprint density at radius 3 is 2.50 bits per heavy atom. The van der Waals surface area contributed by atoms with E-state index in [4.69, 9.17) is 0 Å². The monoisotopic (exact) mass is 295 g/mol. The Hall–Kier alpha value is -1.36. The lowest BCUT2D eigenvalue weighted by atomic mass is 9.75. The first kappa shape index (κ1) is 15.0. The predicted molar refractivity (Wildman–Crippen MR) is 79.2 cm³/mol. The maximum absolute atomic E-state index is 12.4. The van der Waals surface area contributed by atoms with Gasteiger partial charge in [-0.05, 0) is 43.2 Å². The van der Waals surface area contributed by atoms with Crippen molar-refractivity contribution < 1.29 is 14.7 Å². The van der Waals surface area contributed by atoms with Gasteiger partial charge in [0.05, 0.1) is 10.3 Å². The Labute approximate surface area is 123 Å². The van der Waals surface area contributed by atoms with Crippen molar-refractivity contribution in [2.75, 3.05) is 13.1 Å². The molecular weight excluding hydrogens is 274 g/mol. The van der Waals surface area contributed by atoms with E-state index in [1.54, 1.807) is 4.90 Å². The third-order valence-electron chi connectivity index (χ3n) is 4.25. The molecule has 0 aromatic carbocycles. The molecule has 0 aliphatic carbocycles. The predicted octanol–water partition coefficient (Wildman–Crippen LogP) is 3.16. The van der Waals surface area contributed by atoms with Crippen molar-refractivity contribution in [3.05, 3.63) is 21.9 Å². The van der Waals surface area contributed by atoms with E-state index >= 15 is 0 Å². The van der Waals surface area contributed by atoms with Crippen LogP contribution in [0.2, 0.25) is 0 Å². The maximum Gasteiger partial charge on any atom is 0.309 e. The first-order valence-electron chi connectivity index (χ1n) is 7.07. The molecule has 0 spiro atoms.